The monoisotopic (exact) mass is 515 g/mol. The van der Waals surface area contributed by atoms with Gasteiger partial charge in [0.25, 0.3) is 0 Å². The van der Waals surface area contributed by atoms with Crippen molar-refractivity contribution < 1.29 is 4.79 Å². The SMILES string of the molecule is CN=C(NCC(=O)Nc1cccnc1)NC1CCN(c2ncccc2Cl)C1.I. The summed E-state index contributed by atoms with van der Waals surface area (Å²) in [6, 6.07) is 7.40. The zero-order valence-electron chi connectivity index (χ0n) is 15.4. The molecule has 1 amide bonds. The summed E-state index contributed by atoms with van der Waals surface area (Å²) in [6.45, 7) is 1.73. The Morgan fingerprint density at radius 2 is 2.18 bits per heavy atom. The van der Waals surface area contributed by atoms with E-state index in [2.05, 4.69) is 35.8 Å². The second-order valence-electron chi connectivity index (χ2n) is 6.10. The van der Waals surface area contributed by atoms with Crippen molar-refractivity contribution in [3.8, 4) is 0 Å². The summed E-state index contributed by atoms with van der Waals surface area (Å²) >= 11 is 6.23. The van der Waals surface area contributed by atoms with Crippen LogP contribution in [0.25, 0.3) is 0 Å². The Labute approximate surface area is 186 Å². The lowest BCUT2D eigenvalue weighted by Crippen LogP contribution is -2.46. The average Bonchev–Trinajstić information content (AvgIpc) is 3.14. The first-order valence-electron chi connectivity index (χ1n) is 8.68. The fourth-order valence-corrected chi connectivity index (χ4v) is 3.12. The Hall–Kier alpha value is -2.14. The highest BCUT2D eigenvalue weighted by Crippen LogP contribution is 2.25. The zero-order valence-corrected chi connectivity index (χ0v) is 18.5. The van der Waals surface area contributed by atoms with Crippen LogP contribution in [0.15, 0.2) is 47.8 Å². The molecule has 8 nitrogen and oxygen atoms in total. The van der Waals surface area contributed by atoms with Crippen molar-refractivity contribution in [2.75, 3.05) is 36.9 Å². The van der Waals surface area contributed by atoms with E-state index in [0.29, 0.717) is 16.7 Å². The number of aromatic nitrogens is 2. The van der Waals surface area contributed by atoms with Crippen LogP contribution in [-0.4, -0.2) is 54.6 Å². The van der Waals surface area contributed by atoms with Gasteiger partial charge in [-0.2, -0.15) is 0 Å². The molecule has 0 aliphatic carbocycles. The van der Waals surface area contributed by atoms with Crippen molar-refractivity contribution >= 4 is 58.9 Å². The molecule has 28 heavy (non-hydrogen) atoms. The molecule has 1 saturated heterocycles. The molecule has 150 valence electrons. The molecule has 0 radical (unpaired) electrons. The van der Waals surface area contributed by atoms with Crippen LogP contribution in [0.3, 0.4) is 0 Å². The van der Waals surface area contributed by atoms with E-state index in [-0.39, 0.29) is 42.5 Å². The maximum absolute atomic E-state index is 12.0. The van der Waals surface area contributed by atoms with Crippen molar-refractivity contribution in [1.82, 2.24) is 20.6 Å². The lowest BCUT2D eigenvalue weighted by atomic mass is 10.3. The number of pyridine rings is 2. The molecular weight excluding hydrogens is 493 g/mol. The van der Waals surface area contributed by atoms with Gasteiger partial charge in [-0.05, 0) is 30.7 Å². The van der Waals surface area contributed by atoms with Crippen LogP contribution in [0.2, 0.25) is 5.02 Å². The van der Waals surface area contributed by atoms with E-state index in [1.807, 2.05) is 12.1 Å². The van der Waals surface area contributed by atoms with Gasteiger partial charge in [0.2, 0.25) is 5.91 Å². The number of hydrogen-bond donors (Lipinski definition) is 3. The van der Waals surface area contributed by atoms with E-state index in [1.54, 1.807) is 37.8 Å². The van der Waals surface area contributed by atoms with Crippen molar-refractivity contribution in [3.05, 3.63) is 47.9 Å². The van der Waals surface area contributed by atoms with E-state index in [9.17, 15) is 4.79 Å². The molecule has 1 atom stereocenters. The zero-order chi connectivity index (χ0) is 19.1. The molecule has 0 spiro atoms. The summed E-state index contributed by atoms with van der Waals surface area (Å²) in [7, 11) is 1.68. The van der Waals surface area contributed by atoms with Gasteiger partial charge in [-0.15, -0.1) is 24.0 Å². The minimum Gasteiger partial charge on any atom is -0.353 e. The molecule has 10 heteroatoms. The summed E-state index contributed by atoms with van der Waals surface area (Å²) in [4.78, 5) is 26.7. The Bertz CT molecular complexity index is 806. The largest absolute Gasteiger partial charge is 0.353 e. The van der Waals surface area contributed by atoms with Gasteiger partial charge in [-0.25, -0.2) is 4.98 Å². The Morgan fingerprint density at radius 1 is 1.36 bits per heavy atom. The van der Waals surface area contributed by atoms with Crippen LogP contribution in [0.4, 0.5) is 11.5 Å². The number of guanidine groups is 1. The lowest BCUT2D eigenvalue weighted by molar-refractivity contribution is -0.115. The van der Waals surface area contributed by atoms with E-state index >= 15 is 0 Å². The van der Waals surface area contributed by atoms with E-state index < -0.39 is 0 Å². The number of aliphatic imine (C=N–C) groups is 1. The Morgan fingerprint density at radius 3 is 2.89 bits per heavy atom. The van der Waals surface area contributed by atoms with Crippen LogP contribution in [0.1, 0.15) is 6.42 Å². The highest BCUT2D eigenvalue weighted by Gasteiger charge is 2.25. The summed E-state index contributed by atoms with van der Waals surface area (Å²) < 4.78 is 0. The third kappa shape index (κ3) is 6.20. The second-order valence-corrected chi connectivity index (χ2v) is 6.51. The smallest absolute Gasteiger partial charge is 0.243 e. The number of anilines is 2. The predicted molar refractivity (Wildman–Crippen MR) is 123 cm³/mol. The van der Waals surface area contributed by atoms with Crippen LogP contribution in [0, 0.1) is 0 Å². The molecule has 1 unspecified atom stereocenters. The van der Waals surface area contributed by atoms with Crippen molar-refractivity contribution in [3.63, 3.8) is 0 Å². The molecule has 3 rings (SSSR count). The lowest BCUT2D eigenvalue weighted by Gasteiger charge is -2.20. The van der Waals surface area contributed by atoms with Gasteiger partial charge in [-0.3, -0.25) is 14.8 Å². The van der Waals surface area contributed by atoms with Gasteiger partial charge < -0.3 is 20.9 Å². The molecule has 1 aliphatic heterocycles. The number of amides is 1. The first kappa shape index (κ1) is 22.2. The normalized spacial score (nSPS) is 16.3. The fourth-order valence-electron chi connectivity index (χ4n) is 2.87. The minimum absolute atomic E-state index is 0. The number of nitrogens with zero attached hydrogens (tertiary/aromatic N) is 4. The van der Waals surface area contributed by atoms with E-state index in [1.165, 1.54) is 0 Å². The topological polar surface area (TPSA) is 94.5 Å². The molecule has 2 aromatic heterocycles. The minimum atomic E-state index is -0.167. The molecule has 3 heterocycles. The molecule has 3 N–H and O–H groups in total. The maximum atomic E-state index is 12.0. The Balaban J connectivity index is 0.00000280. The third-order valence-electron chi connectivity index (χ3n) is 4.15. The number of rotatable bonds is 5. The predicted octanol–water partition coefficient (Wildman–Crippen LogP) is 2.13. The van der Waals surface area contributed by atoms with Gasteiger partial charge >= 0.3 is 0 Å². The first-order valence-corrected chi connectivity index (χ1v) is 9.06. The molecule has 1 fully saturated rings. The molecule has 0 aromatic carbocycles. The van der Waals surface area contributed by atoms with Crippen molar-refractivity contribution in [2.24, 2.45) is 4.99 Å². The number of carbonyl (C=O) groups is 1. The molecule has 0 bridgehead atoms. The second kappa shape index (κ2) is 11.0. The first-order chi connectivity index (χ1) is 13.2. The number of carbonyl (C=O) groups excluding carboxylic acids is 1. The molecule has 2 aromatic rings. The highest BCUT2D eigenvalue weighted by atomic mass is 127. The summed E-state index contributed by atoms with van der Waals surface area (Å²) in [6.07, 6.45) is 5.92. The molecule has 0 saturated carbocycles. The van der Waals surface area contributed by atoms with Gasteiger partial charge in [0.05, 0.1) is 23.5 Å². The van der Waals surface area contributed by atoms with E-state index in [4.69, 9.17) is 11.6 Å². The summed E-state index contributed by atoms with van der Waals surface area (Å²) in [5.41, 5.74) is 0.658. The van der Waals surface area contributed by atoms with Gasteiger partial charge in [0.15, 0.2) is 5.96 Å². The molecule has 1 aliphatic rings. The highest BCUT2D eigenvalue weighted by molar-refractivity contribution is 14.0. The summed E-state index contributed by atoms with van der Waals surface area (Å²) in [5.74, 6) is 1.21. The van der Waals surface area contributed by atoms with Gasteiger partial charge in [0, 0.05) is 38.6 Å². The Kier molecular flexibility index (Phi) is 8.71. The van der Waals surface area contributed by atoms with Gasteiger partial charge in [-0.1, -0.05) is 11.6 Å². The van der Waals surface area contributed by atoms with Gasteiger partial charge in [0.1, 0.15) is 5.82 Å². The van der Waals surface area contributed by atoms with Crippen LogP contribution >= 0.6 is 35.6 Å². The van der Waals surface area contributed by atoms with Crippen LogP contribution < -0.4 is 20.9 Å². The average molecular weight is 516 g/mol. The fraction of sp³-hybridized carbons (Fsp3) is 0.333. The van der Waals surface area contributed by atoms with Crippen LogP contribution in [-0.2, 0) is 4.79 Å². The molecular formula is C18H23ClIN7O. The summed E-state index contributed by atoms with van der Waals surface area (Å²) in [5, 5.41) is 9.78. The van der Waals surface area contributed by atoms with Crippen molar-refractivity contribution in [1.29, 1.82) is 0 Å². The maximum Gasteiger partial charge on any atom is 0.243 e. The number of halogens is 2. The van der Waals surface area contributed by atoms with Crippen molar-refractivity contribution in [2.45, 2.75) is 12.5 Å². The number of nitrogens with one attached hydrogen (secondary N) is 3. The standard InChI is InChI=1S/C18H22ClN7O.HI/c1-20-18(23-11-16(27)24-13-4-2-7-21-10-13)25-14-6-9-26(12-14)17-15(19)5-3-8-22-17;/h2-5,7-8,10,14H,6,9,11-12H2,1H3,(H,24,27)(H2,20,23,25);1H. The van der Waals surface area contributed by atoms with Crippen LogP contribution in [0.5, 0.6) is 0 Å². The quantitative estimate of drug-likeness (QED) is 0.321. The van der Waals surface area contributed by atoms with E-state index in [0.717, 1.165) is 25.3 Å². The third-order valence-corrected chi connectivity index (χ3v) is 4.45. The number of hydrogen-bond acceptors (Lipinski definition) is 5.